The van der Waals surface area contributed by atoms with Gasteiger partial charge in [-0.05, 0) is 43.0 Å². The Labute approximate surface area is 168 Å². The number of aromatic nitrogens is 3. The van der Waals surface area contributed by atoms with E-state index in [9.17, 15) is 9.59 Å². The van der Waals surface area contributed by atoms with Crippen LogP contribution in [0.3, 0.4) is 0 Å². The Balaban J connectivity index is 1.77. The van der Waals surface area contributed by atoms with Gasteiger partial charge in [0, 0.05) is 25.7 Å². The fourth-order valence-electron chi connectivity index (χ4n) is 3.43. The Bertz CT molecular complexity index is 1120. The monoisotopic (exact) mass is 392 g/mol. The molecule has 1 fully saturated rings. The highest BCUT2D eigenvalue weighted by atomic mass is 16.2. The minimum absolute atomic E-state index is 0.0403. The SMILES string of the molecule is CCc1cc(C(N)=O)ncc1N(C)c1cc(NC(=O)C2CC2)c2ncn(C)c2c1. The third kappa shape index (κ3) is 3.53. The molecule has 0 aliphatic heterocycles. The van der Waals surface area contributed by atoms with Gasteiger partial charge in [-0.2, -0.15) is 0 Å². The first-order valence-corrected chi connectivity index (χ1v) is 9.67. The second kappa shape index (κ2) is 7.20. The van der Waals surface area contributed by atoms with Gasteiger partial charge in [-0.25, -0.2) is 9.97 Å². The Morgan fingerprint density at radius 3 is 2.69 bits per heavy atom. The highest BCUT2D eigenvalue weighted by Gasteiger charge is 2.30. The Kier molecular flexibility index (Phi) is 4.70. The maximum Gasteiger partial charge on any atom is 0.267 e. The molecule has 0 saturated heterocycles. The molecule has 4 rings (SSSR count). The summed E-state index contributed by atoms with van der Waals surface area (Å²) in [5.41, 5.74) is 10.7. The molecule has 1 saturated carbocycles. The minimum atomic E-state index is -0.546. The van der Waals surface area contributed by atoms with Crippen LogP contribution in [0.1, 0.15) is 35.8 Å². The zero-order chi connectivity index (χ0) is 20.7. The van der Waals surface area contributed by atoms with Crippen molar-refractivity contribution in [2.24, 2.45) is 18.7 Å². The average molecular weight is 392 g/mol. The molecule has 1 aliphatic rings. The van der Waals surface area contributed by atoms with Crippen molar-refractivity contribution in [3.05, 3.63) is 42.0 Å². The van der Waals surface area contributed by atoms with Gasteiger partial charge >= 0.3 is 0 Å². The van der Waals surface area contributed by atoms with Crippen LogP contribution >= 0.6 is 0 Å². The van der Waals surface area contributed by atoms with E-state index in [0.29, 0.717) is 5.69 Å². The van der Waals surface area contributed by atoms with Crippen LogP contribution in [0.15, 0.2) is 30.7 Å². The first-order valence-electron chi connectivity index (χ1n) is 9.67. The summed E-state index contributed by atoms with van der Waals surface area (Å²) in [6.07, 6.45) is 6.00. The van der Waals surface area contributed by atoms with Crippen LogP contribution in [0.5, 0.6) is 0 Å². The number of hydrogen-bond donors (Lipinski definition) is 2. The first-order chi connectivity index (χ1) is 13.9. The van der Waals surface area contributed by atoms with Gasteiger partial charge in [-0.1, -0.05) is 6.92 Å². The summed E-state index contributed by atoms with van der Waals surface area (Å²) in [4.78, 5) is 34.5. The molecule has 8 heteroatoms. The number of amides is 2. The molecule has 0 radical (unpaired) electrons. The van der Waals surface area contributed by atoms with Crippen molar-refractivity contribution < 1.29 is 9.59 Å². The van der Waals surface area contributed by atoms with Crippen LogP contribution in [-0.2, 0) is 18.3 Å². The molecule has 3 N–H and O–H groups in total. The summed E-state index contributed by atoms with van der Waals surface area (Å²) in [5, 5.41) is 3.04. The molecule has 8 nitrogen and oxygen atoms in total. The van der Waals surface area contributed by atoms with Gasteiger partial charge < -0.3 is 20.5 Å². The number of anilines is 3. The van der Waals surface area contributed by atoms with Crippen LogP contribution in [0, 0.1) is 5.92 Å². The molecule has 150 valence electrons. The largest absolute Gasteiger partial charge is 0.364 e. The molecule has 1 aromatic carbocycles. The fraction of sp³-hybridized carbons (Fsp3) is 0.333. The predicted molar refractivity (Wildman–Crippen MR) is 112 cm³/mol. The Morgan fingerprint density at radius 1 is 1.28 bits per heavy atom. The number of aryl methyl sites for hydroxylation is 2. The number of rotatable bonds is 6. The molecule has 0 bridgehead atoms. The molecule has 3 aromatic rings. The number of carbonyl (C=O) groups excluding carboxylic acids is 2. The number of fused-ring (bicyclic) bond motifs is 1. The van der Waals surface area contributed by atoms with Gasteiger partial charge in [0.1, 0.15) is 11.2 Å². The molecule has 0 spiro atoms. The van der Waals surface area contributed by atoms with Crippen LogP contribution < -0.4 is 16.0 Å². The molecule has 2 heterocycles. The number of carbonyl (C=O) groups is 2. The molecule has 1 aliphatic carbocycles. The molecular formula is C21H24N6O2. The molecule has 29 heavy (non-hydrogen) atoms. The molecule has 0 unspecified atom stereocenters. The van der Waals surface area contributed by atoms with Crippen molar-refractivity contribution in [2.75, 3.05) is 17.3 Å². The summed E-state index contributed by atoms with van der Waals surface area (Å²) in [6, 6.07) is 5.68. The van der Waals surface area contributed by atoms with E-state index in [1.165, 1.54) is 0 Å². The van der Waals surface area contributed by atoms with Crippen LogP contribution in [0.2, 0.25) is 0 Å². The van der Waals surface area contributed by atoms with E-state index in [4.69, 9.17) is 5.73 Å². The number of pyridine rings is 1. The van der Waals surface area contributed by atoms with Crippen molar-refractivity contribution in [1.29, 1.82) is 0 Å². The standard InChI is InChI=1S/C21H24N6O2/c1-4-12-7-16(20(22)28)23-10-18(12)27(3)14-8-15(25-21(29)13-5-6-13)19-17(9-14)26(2)11-24-19/h7-11,13H,4-6H2,1-3H3,(H2,22,28)(H,25,29). The van der Waals surface area contributed by atoms with E-state index in [1.807, 2.05) is 42.6 Å². The molecule has 2 aromatic heterocycles. The minimum Gasteiger partial charge on any atom is -0.364 e. The second-order valence-corrected chi connectivity index (χ2v) is 7.46. The van der Waals surface area contributed by atoms with E-state index in [0.717, 1.165) is 47.2 Å². The van der Waals surface area contributed by atoms with Crippen molar-refractivity contribution in [3.8, 4) is 0 Å². The lowest BCUT2D eigenvalue weighted by atomic mass is 10.1. The molecule has 0 atom stereocenters. The van der Waals surface area contributed by atoms with E-state index >= 15 is 0 Å². The van der Waals surface area contributed by atoms with Gasteiger partial charge in [0.05, 0.1) is 29.4 Å². The number of benzene rings is 1. The van der Waals surface area contributed by atoms with Crippen LogP contribution in [-0.4, -0.2) is 33.4 Å². The zero-order valence-electron chi connectivity index (χ0n) is 16.8. The Morgan fingerprint density at radius 2 is 2.03 bits per heavy atom. The quantitative estimate of drug-likeness (QED) is 0.671. The summed E-state index contributed by atoms with van der Waals surface area (Å²) in [7, 11) is 3.86. The number of nitrogens with two attached hydrogens (primary N) is 1. The van der Waals surface area contributed by atoms with Crippen LogP contribution in [0.25, 0.3) is 11.0 Å². The Hall–Kier alpha value is -3.42. The van der Waals surface area contributed by atoms with Crippen molar-refractivity contribution in [3.63, 3.8) is 0 Å². The lowest BCUT2D eigenvalue weighted by Crippen LogP contribution is -2.18. The normalized spacial score (nSPS) is 13.5. The third-order valence-electron chi connectivity index (χ3n) is 5.37. The van der Waals surface area contributed by atoms with Gasteiger partial charge in [-0.15, -0.1) is 0 Å². The van der Waals surface area contributed by atoms with Crippen molar-refractivity contribution in [2.45, 2.75) is 26.2 Å². The van der Waals surface area contributed by atoms with E-state index in [-0.39, 0.29) is 17.5 Å². The second-order valence-electron chi connectivity index (χ2n) is 7.46. The van der Waals surface area contributed by atoms with Crippen molar-refractivity contribution in [1.82, 2.24) is 14.5 Å². The lowest BCUT2D eigenvalue weighted by molar-refractivity contribution is -0.117. The highest BCUT2D eigenvalue weighted by Crippen LogP contribution is 2.35. The van der Waals surface area contributed by atoms with Gasteiger partial charge in [0.25, 0.3) is 5.91 Å². The smallest absolute Gasteiger partial charge is 0.267 e. The summed E-state index contributed by atoms with van der Waals surface area (Å²) < 4.78 is 1.93. The van der Waals surface area contributed by atoms with Gasteiger partial charge in [0.15, 0.2) is 0 Å². The maximum atomic E-state index is 12.4. The number of nitrogens with one attached hydrogen (secondary N) is 1. The topological polar surface area (TPSA) is 106 Å². The number of hydrogen-bond acceptors (Lipinski definition) is 5. The maximum absolute atomic E-state index is 12.4. The van der Waals surface area contributed by atoms with Gasteiger partial charge in [0.2, 0.25) is 5.91 Å². The third-order valence-corrected chi connectivity index (χ3v) is 5.37. The van der Waals surface area contributed by atoms with Gasteiger partial charge in [-0.3, -0.25) is 9.59 Å². The lowest BCUT2D eigenvalue weighted by Gasteiger charge is -2.23. The molecular weight excluding hydrogens is 368 g/mol. The van der Waals surface area contributed by atoms with E-state index < -0.39 is 5.91 Å². The van der Waals surface area contributed by atoms with Crippen LogP contribution in [0.4, 0.5) is 17.1 Å². The highest BCUT2D eigenvalue weighted by molar-refractivity contribution is 6.03. The van der Waals surface area contributed by atoms with E-state index in [2.05, 4.69) is 15.3 Å². The average Bonchev–Trinajstić information content (AvgIpc) is 3.50. The molecule has 2 amide bonds. The summed E-state index contributed by atoms with van der Waals surface area (Å²) in [5.74, 6) is -0.402. The number of imidazole rings is 1. The number of nitrogens with zero attached hydrogens (tertiary/aromatic N) is 4. The summed E-state index contributed by atoms with van der Waals surface area (Å²) >= 11 is 0. The zero-order valence-corrected chi connectivity index (χ0v) is 16.8. The van der Waals surface area contributed by atoms with E-state index in [1.54, 1.807) is 18.6 Å². The first kappa shape index (κ1) is 18.9. The van der Waals surface area contributed by atoms with Crippen molar-refractivity contribution >= 4 is 39.9 Å². The summed E-state index contributed by atoms with van der Waals surface area (Å²) in [6.45, 7) is 2.02. The predicted octanol–water partition coefficient (Wildman–Crippen LogP) is 2.75. The fourth-order valence-corrected chi connectivity index (χ4v) is 3.43. The number of primary amides is 1.